The molecule has 1 heterocycles. The SMILES string of the molecule is CC(C)(C)c1cc(OS(=O)(=O)/C=C/c2ccccc2)n(-c2cccc(Cl)c2)n1. The summed E-state index contributed by atoms with van der Waals surface area (Å²) in [5.74, 6) is 0.102. The highest BCUT2D eigenvalue weighted by atomic mass is 35.5. The number of halogens is 1. The van der Waals surface area contributed by atoms with Crippen molar-refractivity contribution in [2.24, 2.45) is 0 Å². The minimum absolute atomic E-state index is 0.102. The largest absolute Gasteiger partial charge is 0.358 e. The van der Waals surface area contributed by atoms with Crippen molar-refractivity contribution >= 4 is 27.8 Å². The first kappa shape index (κ1) is 20.2. The molecule has 3 rings (SSSR count). The second kappa shape index (κ2) is 7.81. The first-order valence-electron chi connectivity index (χ1n) is 8.68. The van der Waals surface area contributed by atoms with Crippen LogP contribution >= 0.6 is 11.6 Å². The Hall–Kier alpha value is -2.57. The zero-order valence-electron chi connectivity index (χ0n) is 15.8. The molecule has 0 fully saturated rings. The molecule has 3 aromatic rings. The zero-order chi connectivity index (χ0) is 20.4. The summed E-state index contributed by atoms with van der Waals surface area (Å²) in [4.78, 5) is 0. The lowest BCUT2D eigenvalue weighted by Gasteiger charge is -2.13. The molecule has 0 N–H and O–H groups in total. The maximum absolute atomic E-state index is 12.5. The van der Waals surface area contributed by atoms with Crippen LogP contribution in [0.15, 0.2) is 66.1 Å². The van der Waals surface area contributed by atoms with Gasteiger partial charge >= 0.3 is 10.1 Å². The summed E-state index contributed by atoms with van der Waals surface area (Å²) in [6, 6.07) is 17.7. The van der Waals surface area contributed by atoms with Gasteiger partial charge in [-0.15, -0.1) is 0 Å². The molecular weight excluding hydrogens is 396 g/mol. The third-order valence-corrected chi connectivity index (χ3v) is 5.03. The molecule has 0 aliphatic rings. The second-order valence-corrected chi connectivity index (χ2v) is 9.16. The van der Waals surface area contributed by atoms with Crippen LogP contribution in [0, 0.1) is 0 Å². The maximum Gasteiger partial charge on any atom is 0.333 e. The van der Waals surface area contributed by atoms with E-state index in [0.717, 1.165) is 11.0 Å². The Morgan fingerprint density at radius 1 is 1.04 bits per heavy atom. The Labute approximate surface area is 170 Å². The lowest BCUT2D eigenvalue weighted by molar-refractivity contribution is 0.474. The second-order valence-electron chi connectivity index (χ2n) is 7.30. The third-order valence-electron chi connectivity index (χ3n) is 3.93. The highest BCUT2D eigenvalue weighted by Crippen LogP contribution is 2.29. The minimum atomic E-state index is -3.98. The van der Waals surface area contributed by atoms with Crippen LogP contribution in [0.1, 0.15) is 32.0 Å². The van der Waals surface area contributed by atoms with Crippen LogP contribution in [-0.4, -0.2) is 18.2 Å². The molecule has 0 saturated carbocycles. The van der Waals surface area contributed by atoms with Crippen molar-refractivity contribution in [2.45, 2.75) is 26.2 Å². The van der Waals surface area contributed by atoms with Gasteiger partial charge in [-0.3, -0.25) is 0 Å². The molecule has 7 heteroatoms. The number of nitrogens with zero attached hydrogens (tertiary/aromatic N) is 2. The molecule has 146 valence electrons. The summed E-state index contributed by atoms with van der Waals surface area (Å²) < 4.78 is 31.8. The van der Waals surface area contributed by atoms with Gasteiger partial charge in [0.05, 0.1) is 16.8 Å². The predicted molar refractivity (Wildman–Crippen MR) is 112 cm³/mol. The lowest BCUT2D eigenvalue weighted by Crippen LogP contribution is -2.12. The molecule has 5 nitrogen and oxygen atoms in total. The summed E-state index contributed by atoms with van der Waals surface area (Å²) in [7, 11) is -3.98. The minimum Gasteiger partial charge on any atom is -0.358 e. The lowest BCUT2D eigenvalue weighted by atomic mass is 9.93. The van der Waals surface area contributed by atoms with Crippen LogP contribution in [0.4, 0.5) is 0 Å². The molecule has 0 unspecified atom stereocenters. The van der Waals surface area contributed by atoms with E-state index in [9.17, 15) is 8.42 Å². The number of aromatic nitrogens is 2. The molecule has 0 aliphatic carbocycles. The van der Waals surface area contributed by atoms with Crippen LogP contribution in [0.5, 0.6) is 5.88 Å². The summed E-state index contributed by atoms with van der Waals surface area (Å²) in [5.41, 5.74) is 1.78. The average molecular weight is 417 g/mol. The fraction of sp³-hybridized carbons (Fsp3) is 0.190. The molecule has 0 saturated heterocycles. The zero-order valence-corrected chi connectivity index (χ0v) is 17.4. The van der Waals surface area contributed by atoms with E-state index in [4.69, 9.17) is 15.8 Å². The van der Waals surface area contributed by atoms with E-state index in [0.29, 0.717) is 16.4 Å². The van der Waals surface area contributed by atoms with Crippen molar-refractivity contribution in [3.05, 3.63) is 82.4 Å². The standard InChI is InChI=1S/C21H21ClN2O3S/c1-21(2,3)19-15-20(24(23-19)18-11-7-10-17(22)14-18)27-28(25,26)13-12-16-8-5-4-6-9-16/h4-15H,1-3H3/b13-12+. The van der Waals surface area contributed by atoms with Crippen molar-refractivity contribution in [1.82, 2.24) is 9.78 Å². The van der Waals surface area contributed by atoms with Crippen molar-refractivity contribution in [1.29, 1.82) is 0 Å². The molecule has 0 bridgehead atoms. The van der Waals surface area contributed by atoms with Crippen LogP contribution in [-0.2, 0) is 15.5 Å². The Bertz CT molecular complexity index is 1100. The number of benzene rings is 2. The molecule has 1 aromatic heterocycles. The molecular formula is C21H21ClN2O3S. The summed E-state index contributed by atoms with van der Waals surface area (Å²) in [5, 5.41) is 6.09. The number of hydrogen-bond acceptors (Lipinski definition) is 4. The van der Waals surface area contributed by atoms with E-state index in [2.05, 4.69) is 5.10 Å². The topological polar surface area (TPSA) is 61.2 Å². The molecule has 0 spiro atoms. The molecule has 2 aromatic carbocycles. The van der Waals surface area contributed by atoms with Crippen LogP contribution in [0.2, 0.25) is 5.02 Å². The normalized spacial score (nSPS) is 12.4. The van der Waals surface area contributed by atoms with Gasteiger partial charge in [-0.2, -0.15) is 18.2 Å². The molecule has 0 amide bonds. The Balaban J connectivity index is 1.98. The first-order valence-corrected chi connectivity index (χ1v) is 10.5. The van der Waals surface area contributed by atoms with Gasteiger partial charge in [-0.05, 0) is 29.8 Å². The Kier molecular flexibility index (Phi) is 5.63. The van der Waals surface area contributed by atoms with E-state index in [1.54, 1.807) is 42.5 Å². The van der Waals surface area contributed by atoms with Crippen LogP contribution < -0.4 is 4.18 Å². The van der Waals surface area contributed by atoms with Crippen LogP contribution in [0.25, 0.3) is 11.8 Å². The summed E-state index contributed by atoms with van der Waals surface area (Å²) >= 11 is 6.08. The summed E-state index contributed by atoms with van der Waals surface area (Å²) in [6.07, 6.45) is 1.49. The van der Waals surface area contributed by atoms with E-state index in [-0.39, 0.29) is 11.3 Å². The van der Waals surface area contributed by atoms with Crippen molar-refractivity contribution in [2.75, 3.05) is 0 Å². The first-order chi connectivity index (χ1) is 13.1. The molecule has 0 aliphatic heterocycles. The van der Waals surface area contributed by atoms with Gasteiger partial charge in [-0.25, -0.2) is 0 Å². The van der Waals surface area contributed by atoms with E-state index in [1.807, 2.05) is 39.0 Å². The fourth-order valence-corrected chi connectivity index (χ4v) is 3.38. The highest BCUT2D eigenvalue weighted by molar-refractivity contribution is 7.90. The number of hydrogen-bond donors (Lipinski definition) is 0. The molecule has 0 radical (unpaired) electrons. The number of rotatable bonds is 5. The van der Waals surface area contributed by atoms with E-state index < -0.39 is 10.1 Å². The fourth-order valence-electron chi connectivity index (χ4n) is 2.46. The van der Waals surface area contributed by atoms with Gasteiger partial charge in [0.15, 0.2) is 0 Å². The Morgan fingerprint density at radius 3 is 2.39 bits per heavy atom. The van der Waals surface area contributed by atoms with Gasteiger partial charge < -0.3 is 4.18 Å². The van der Waals surface area contributed by atoms with Crippen molar-refractivity contribution < 1.29 is 12.6 Å². The van der Waals surface area contributed by atoms with E-state index >= 15 is 0 Å². The van der Waals surface area contributed by atoms with Gasteiger partial charge in [0.1, 0.15) is 0 Å². The average Bonchev–Trinajstić information content (AvgIpc) is 3.04. The smallest absolute Gasteiger partial charge is 0.333 e. The van der Waals surface area contributed by atoms with Crippen molar-refractivity contribution in [3.8, 4) is 11.6 Å². The third kappa shape index (κ3) is 5.03. The quantitative estimate of drug-likeness (QED) is 0.536. The van der Waals surface area contributed by atoms with Gasteiger partial charge in [-0.1, -0.05) is 68.8 Å². The molecule has 0 atom stereocenters. The van der Waals surface area contributed by atoms with Gasteiger partial charge in [0, 0.05) is 16.5 Å². The highest BCUT2D eigenvalue weighted by Gasteiger charge is 2.23. The van der Waals surface area contributed by atoms with E-state index in [1.165, 1.54) is 10.8 Å². The van der Waals surface area contributed by atoms with Crippen LogP contribution in [0.3, 0.4) is 0 Å². The monoisotopic (exact) mass is 416 g/mol. The summed E-state index contributed by atoms with van der Waals surface area (Å²) in [6.45, 7) is 5.97. The molecule has 28 heavy (non-hydrogen) atoms. The van der Waals surface area contributed by atoms with Gasteiger partial charge in [0.25, 0.3) is 0 Å². The van der Waals surface area contributed by atoms with Crippen molar-refractivity contribution in [3.63, 3.8) is 0 Å². The predicted octanol–water partition coefficient (Wildman–Crippen LogP) is 5.20. The Morgan fingerprint density at radius 2 is 1.75 bits per heavy atom. The van der Waals surface area contributed by atoms with Gasteiger partial charge in [0.2, 0.25) is 5.88 Å². The maximum atomic E-state index is 12.5.